The first-order valence-electron chi connectivity index (χ1n) is 23.0. The van der Waals surface area contributed by atoms with Crippen molar-refractivity contribution in [2.45, 2.75) is 12.4 Å². The molecule has 5 nitrogen and oxygen atoms in total. The second-order valence-corrected chi connectivity index (χ2v) is 17.4. The number of fused-ring (bicyclic) bond motifs is 3. The molecule has 0 N–H and O–H groups in total. The molecule has 0 fully saturated rings. The van der Waals surface area contributed by atoms with Crippen molar-refractivity contribution in [1.82, 2.24) is 14.5 Å². The van der Waals surface area contributed by atoms with Gasteiger partial charge in [0.2, 0.25) is 0 Å². The smallest absolute Gasteiger partial charge is 0.308 e. The van der Waals surface area contributed by atoms with E-state index in [1.165, 1.54) is 12.1 Å². The maximum absolute atomic E-state index is 14.8. The third kappa shape index (κ3) is 8.85. The lowest BCUT2D eigenvalue weighted by Gasteiger charge is -2.22. The largest absolute Gasteiger partial charge is 0.416 e. The van der Waals surface area contributed by atoms with Gasteiger partial charge in [-0.15, -0.1) is 0 Å². The van der Waals surface area contributed by atoms with Crippen molar-refractivity contribution in [1.29, 1.82) is 10.5 Å². The SMILES string of the molecule is N#Cc1ccc(-c2ccc3c(c2)c2cc(-c4ccc(C#N)cc4)ccc2n3-c2c(-c3cccc(C(F)(F)F)c3)cc(-c3cc(-c4ccccc4)nc(-c4ccccc4)n3)cc2-c2cccc(C(F)(F)F)c2)cc1. The van der Waals surface area contributed by atoms with Crippen LogP contribution in [0, 0.1) is 22.7 Å². The lowest BCUT2D eigenvalue weighted by atomic mass is 9.90. The van der Waals surface area contributed by atoms with Crippen LogP contribution >= 0.6 is 0 Å². The van der Waals surface area contributed by atoms with Crippen LogP contribution in [0.3, 0.4) is 0 Å². The summed E-state index contributed by atoms with van der Waals surface area (Å²) in [5.41, 5.74) is 7.58. The molecule has 0 saturated carbocycles. The van der Waals surface area contributed by atoms with Gasteiger partial charge in [0.25, 0.3) is 0 Å². The van der Waals surface area contributed by atoms with Gasteiger partial charge < -0.3 is 4.57 Å². The summed E-state index contributed by atoms with van der Waals surface area (Å²) in [4.78, 5) is 10.0. The van der Waals surface area contributed by atoms with Gasteiger partial charge >= 0.3 is 12.4 Å². The molecule has 73 heavy (non-hydrogen) atoms. The fourth-order valence-electron chi connectivity index (χ4n) is 9.36. The Hall–Kier alpha value is -9.58. The fraction of sp³-hybridized carbons (Fsp3) is 0.0323. The highest BCUT2D eigenvalue weighted by Crippen LogP contribution is 2.47. The Morgan fingerprint density at radius 3 is 1.21 bits per heavy atom. The summed E-state index contributed by atoms with van der Waals surface area (Å²) in [6.45, 7) is 0. The number of hydrogen-bond donors (Lipinski definition) is 0. The van der Waals surface area contributed by atoms with E-state index in [1.807, 2.05) is 126 Å². The Kier molecular flexibility index (Phi) is 11.5. The van der Waals surface area contributed by atoms with Crippen LogP contribution in [0.1, 0.15) is 22.3 Å². The molecule has 0 aliphatic rings. The van der Waals surface area contributed by atoms with Gasteiger partial charge in [-0.3, -0.25) is 0 Å². The molecule has 0 saturated heterocycles. The highest BCUT2D eigenvalue weighted by Gasteiger charge is 2.33. The molecule has 0 spiro atoms. The molecule has 0 aliphatic carbocycles. The first kappa shape index (κ1) is 45.8. The van der Waals surface area contributed by atoms with Gasteiger partial charge in [0, 0.05) is 38.6 Å². The number of halogens is 6. The molecule has 11 rings (SSSR count). The van der Waals surface area contributed by atoms with Crippen LogP contribution in [0.25, 0.3) is 106 Å². The first-order chi connectivity index (χ1) is 35.3. The zero-order valence-corrected chi connectivity index (χ0v) is 38.2. The standard InChI is InChI=1S/C62H35F6N5/c63-61(64,65)49-15-7-13-46(29-49)51-33-48(56-35-55(42-9-3-1-4-10-42)71-60(72-56)43-11-5-2-6-12-43)34-52(47-14-8-16-50(30-47)62(66,67)68)59(51)73-57-27-25-44(40-21-17-38(36-69)18-22-40)31-53(57)54-32-45(26-28-58(54)73)41-23-19-39(37-70)20-24-41/h1-35H. The van der Waals surface area contributed by atoms with E-state index in [0.717, 1.165) is 62.9 Å². The monoisotopic (exact) mass is 963 g/mol. The number of alkyl halides is 6. The molecule has 0 aliphatic heterocycles. The predicted molar refractivity (Wildman–Crippen MR) is 274 cm³/mol. The van der Waals surface area contributed by atoms with Gasteiger partial charge in [0.05, 0.1) is 62.5 Å². The van der Waals surface area contributed by atoms with Gasteiger partial charge in [0.1, 0.15) is 0 Å². The molecule has 2 aromatic heterocycles. The van der Waals surface area contributed by atoms with Crippen LogP contribution in [0.4, 0.5) is 26.3 Å². The Labute approximate surface area is 414 Å². The van der Waals surface area contributed by atoms with Crippen LogP contribution in [-0.2, 0) is 12.4 Å². The van der Waals surface area contributed by atoms with Crippen molar-refractivity contribution in [3.8, 4) is 96.2 Å². The van der Waals surface area contributed by atoms with Gasteiger partial charge in [-0.2, -0.15) is 36.9 Å². The quantitative estimate of drug-likeness (QED) is 0.142. The molecular weight excluding hydrogens is 929 g/mol. The van der Waals surface area contributed by atoms with Crippen molar-refractivity contribution in [3.05, 3.63) is 235 Å². The van der Waals surface area contributed by atoms with Crippen LogP contribution in [-0.4, -0.2) is 14.5 Å². The van der Waals surface area contributed by atoms with Crippen LogP contribution in [0.5, 0.6) is 0 Å². The van der Waals surface area contributed by atoms with Crippen LogP contribution in [0.15, 0.2) is 212 Å². The van der Waals surface area contributed by atoms with Crippen molar-refractivity contribution in [3.63, 3.8) is 0 Å². The van der Waals surface area contributed by atoms with Gasteiger partial charge in [-0.25, -0.2) is 9.97 Å². The van der Waals surface area contributed by atoms with Crippen molar-refractivity contribution in [2.75, 3.05) is 0 Å². The van der Waals surface area contributed by atoms with Crippen LogP contribution in [0.2, 0.25) is 0 Å². The van der Waals surface area contributed by atoms with Crippen molar-refractivity contribution in [2.24, 2.45) is 0 Å². The average Bonchev–Trinajstić information content (AvgIpc) is 3.75. The second-order valence-electron chi connectivity index (χ2n) is 17.4. The van der Waals surface area contributed by atoms with E-state index in [9.17, 15) is 36.9 Å². The minimum absolute atomic E-state index is 0.152. The molecule has 0 bridgehead atoms. The molecule has 11 heteroatoms. The zero-order chi connectivity index (χ0) is 50.4. The molecule has 0 amide bonds. The number of aromatic nitrogens is 3. The molecule has 2 heterocycles. The summed E-state index contributed by atoms with van der Waals surface area (Å²) in [7, 11) is 0. The Morgan fingerprint density at radius 2 is 0.767 bits per heavy atom. The van der Waals surface area contributed by atoms with Gasteiger partial charge in [0.15, 0.2) is 5.82 Å². The molecule has 0 atom stereocenters. The lowest BCUT2D eigenvalue weighted by Crippen LogP contribution is -2.07. The number of rotatable bonds is 8. The summed E-state index contributed by atoms with van der Waals surface area (Å²) >= 11 is 0. The highest BCUT2D eigenvalue weighted by atomic mass is 19.4. The van der Waals surface area contributed by atoms with E-state index in [2.05, 4.69) is 12.1 Å². The van der Waals surface area contributed by atoms with E-state index < -0.39 is 23.5 Å². The van der Waals surface area contributed by atoms with Crippen LogP contribution < -0.4 is 0 Å². The Balaban J connectivity index is 1.28. The minimum Gasteiger partial charge on any atom is -0.308 e. The third-order valence-electron chi connectivity index (χ3n) is 12.9. The topological polar surface area (TPSA) is 78.3 Å². The normalized spacial score (nSPS) is 11.7. The second kappa shape index (κ2) is 18.3. The molecular formula is C62H35F6N5. The highest BCUT2D eigenvalue weighted by molar-refractivity contribution is 6.13. The van der Waals surface area contributed by atoms with Gasteiger partial charge in [-0.05, 0) is 124 Å². The van der Waals surface area contributed by atoms with E-state index in [4.69, 9.17) is 9.97 Å². The molecule has 9 aromatic carbocycles. The third-order valence-corrected chi connectivity index (χ3v) is 12.9. The van der Waals surface area contributed by atoms with Crippen molar-refractivity contribution < 1.29 is 26.3 Å². The van der Waals surface area contributed by atoms with E-state index in [0.29, 0.717) is 56.2 Å². The first-order valence-corrected chi connectivity index (χ1v) is 23.0. The molecule has 0 unspecified atom stereocenters. The summed E-state index contributed by atoms with van der Waals surface area (Å²) < 4.78 is 90.8. The number of hydrogen-bond acceptors (Lipinski definition) is 4. The number of nitriles is 2. The van der Waals surface area contributed by atoms with Gasteiger partial charge in [-0.1, -0.05) is 121 Å². The number of benzene rings is 9. The summed E-state index contributed by atoms with van der Waals surface area (Å²) in [5.74, 6) is 0.362. The van der Waals surface area contributed by atoms with Crippen molar-refractivity contribution >= 4 is 21.8 Å². The molecule has 0 radical (unpaired) electrons. The average molecular weight is 964 g/mol. The Morgan fingerprint density at radius 1 is 0.356 bits per heavy atom. The minimum atomic E-state index is -4.74. The summed E-state index contributed by atoms with van der Waals surface area (Å²) in [6, 6.07) is 64.0. The fourth-order valence-corrected chi connectivity index (χ4v) is 9.36. The Bertz CT molecular complexity index is 3750. The van der Waals surface area contributed by atoms with E-state index in [-0.39, 0.29) is 22.3 Å². The maximum Gasteiger partial charge on any atom is 0.416 e. The summed E-state index contributed by atoms with van der Waals surface area (Å²) in [6.07, 6.45) is -9.48. The van der Waals surface area contributed by atoms with E-state index >= 15 is 0 Å². The molecule has 350 valence electrons. The number of nitrogens with zero attached hydrogens (tertiary/aromatic N) is 5. The predicted octanol–water partition coefficient (Wildman–Crippen LogP) is 17.0. The van der Waals surface area contributed by atoms with E-state index in [1.54, 1.807) is 54.6 Å². The summed E-state index contributed by atoms with van der Waals surface area (Å²) in [5, 5.41) is 20.6. The zero-order valence-electron chi connectivity index (χ0n) is 38.2. The molecule has 11 aromatic rings. The lowest BCUT2D eigenvalue weighted by molar-refractivity contribution is -0.138. The maximum atomic E-state index is 14.8.